The minimum absolute atomic E-state index is 0.210. The first-order valence-electron chi connectivity index (χ1n) is 7.09. The summed E-state index contributed by atoms with van der Waals surface area (Å²) in [7, 11) is 0. The highest BCUT2D eigenvalue weighted by molar-refractivity contribution is 5.12. The van der Waals surface area contributed by atoms with Crippen LogP contribution in [-0.4, -0.2) is 55.0 Å². The van der Waals surface area contributed by atoms with E-state index in [1.807, 2.05) is 0 Å². The van der Waals surface area contributed by atoms with Crippen LogP contribution in [0, 0.1) is 0 Å². The molecule has 0 aromatic rings. The molecule has 1 aliphatic rings. The molecule has 1 heterocycles. The summed E-state index contributed by atoms with van der Waals surface area (Å²) in [5.41, 5.74) is 0. The van der Waals surface area contributed by atoms with E-state index in [2.05, 4.69) is 9.47 Å². The van der Waals surface area contributed by atoms with Crippen molar-refractivity contribution in [3.8, 4) is 0 Å². The summed E-state index contributed by atoms with van der Waals surface area (Å²) in [6, 6.07) is 0. The molecule has 0 aromatic carbocycles. The Morgan fingerprint density at radius 1 is 0.926 bits per heavy atom. The van der Waals surface area contributed by atoms with Crippen LogP contribution >= 0.6 is 0 Å². The molecule has 0 bridgehead atoms. The Kier molecular flexibility index (Phi) is 6.48. The first kappa shape index (κ1) is 23.9. The lowest BCUT2D eigenvalue weighted by molar-refractivity contribution is -0.423. The standard InChI is InChI=1S/C13H12F12O2/c1-2-26-7-5-3-4-6(27-7)9(16,17)11(20,21)13(24,25)12(22,23)10(18,19)8(14)15/h3,5-8H,2,4H2,1H3. The van der Waals surface area contributed by atoms with E-state index in [-0.39, 0.29) is 6.61 Å². The smallest absolute Gasteiger partial charge is 0.349 e. The highest BCUT2D eigenvalue weighted by Gasteiger charge is 2.88. The molecular formula is C13H12F12O2. The minimum Gasteiger partial charge on any atom is -0.349 e. The zero-order valence-corrected chi connectivity index (χ0v) is 13.2. The largest absolute Gasteiger partial charge is 0.384 e. The molecule has 2 unspecified atom stereocenters. The van der Waals surface area contributed by atoms with Gasteiger partial charge >= 0.3 is 36.0 Å². The molecule has 1 rings (SSSR count). The van der Waals surface area contributed by atoms with E-state index in [1.54, 1.807) is 0 Å². The maximum Gasteiger partial charge on any atom is 0.384 e. The second-order valence-corrected chi connectivity index (χ2v) is 5.38. The molecule has 0 N–H and O–H groups in total. The monoisotopic (exact) mass is 428 g/mol. The number of hydrogen-bond acceptors (Lipinski definition) is 2. The predicted octanol–water partition coefficient (Wildman–Crippen LogP) is 5.14. The molecule has 0 saturated heterocycles. The zero-order chi connectivity index (χ0) is 21.5. The molecule has 0 spiro atoms. The fourth-order valence-electron chi connectivity index (χ4n) is 2.02. The molecule has 0 fully saturated rings. The molecule has 0 aromatic heterocycles. The predicted molar refractivity (Wildman–Crippen MR) is 64.8 cm³/mol. The van der Waals surface area contributed by atoms with Crippen molar-refractivity contribution in [1.82, 2.24) is 0 Å². The van der Waals surface area contributed by atoms with Gasteiger partial charge < -0.3 is 9.47 Å². The molecule has 0 amide bonds. The molecule has 0 radical (unpaired) electrons. The molecule has 1 aliphatic heterocycles. The van der Waals surface area contributed by atoms with Gasteiger partial charge in [0.1, 0.15) is 6.10 Å². The van der Waals surface area contributed by atoms with E-state index in [0.717, 1.165) is 12.2 Å². The van der Waals surface area contributed by atoms with Gasteiger partial charge in [0.2, 0.25) is 0 Å². The summed E-state index contributed by atoms with van der Waals surface area (Å²) < 4.78 is 167. The fourth-order valence-corrected chi connectivity index (χ4v) is 2.02. The lowest BCUT2D eigenvalue weighted by atomic mass is 9.90. The first-order valence-corrected chi connectivity index (χ1v) is 7.09. The van der Waals surface area contributed by atoms with E-state index in [9.17, 15) is 52.7 Å². The third-order valence-corrected chi connectivity index (χ3v) is 3.58. The van der Waals surface area contributed by atoms with Gasteiger partial charge in [-0.25, -0.2) is 8.78 Å². The van der Waals surface area contributed by atoms with Crippen LogP contribution in [0.2, 0.25) is 0 Å². The number of ether oxygens (including phenoxy) is 2. The van der Waals surface area contributed by atoms with Crippen LogP contribution in [0.1, 0.15) is 13.3 Å². The summed E-state index contributed by atoms with van der Waals surface area (Å²) >= 11 is 0. The van der Waals surface area contributed by atoms with Gasteiger partial charge in [-0.1, -0.05) is 6.08 Å². The fraction of sp³-hybridized carbons (Fsp3) is 0.846. The normalized spacial score (nSPS) is 23.2. The average molecular weight is 428 g/mol. The van der Waals surface area contributed by atoms with E-state index in [0.29, 0.717) is 0 Å². The summed E-state index contributed by atoms with van der Waals surface area (Å²) in [4.78, 5) is 0. The third kappa shape index (κ3) is 3.61. The highest BCUT2D eigenvalue weighted by atomic mass is 19.4. The van der Waals surface area contributed by atoms with Gasteiger partial charge in [0, 0.05) is 6.61 Å². The van der Waals surface area contributed by atoms with Crippen LogP contribution in [0.5, 0.6) is 0 Å². The van der Waals surface area contributed by atoms with Crippen LogP contribution in [0.25, 0.3) is 0 Å². The average Bonchev–Trinajstić information content (AvgIpc) is 2.54. The van der Waals surface area contributed by atoms with Crippen molar-refractivity contribution < 1.29 is 62.2 Å². The van der Waals surface area contributed by atoms with Crippen LogP contribution in [0.15, 0.2) is 12.2 Å². The molecule has 14 heteroatoms. The topological polar surface area (TPSA) is 18.5 Å². The van der Waals surface area contributed by atoms with Crippen molar-refractivity contribution in [3.05, 3.63) is 12.2 Å². The molecule has 0 saturated carbocycles. The van der Waals surface area contributed by atoms with E-state index in [1.165, 1.54) is 6.92 Å². The van der Waals surface area contributed by atoms with Gasteiger partial charge in [0.05, 0.1) is 0 Å². The Morgan fingerprint density at radius 2 is 1.44 bits per heavy atom. The van der Waals surface area contributed by atoms with Gasteiger partial charge in [-0.2, -0.15) is 43.9 Å². The van der Waals surface area contributed by atoms with Crippen LogP contribution in [0.3, 0.4) is 0 Å². The maximum atomic E-state index is 13.9. The summed E-state index contributed by atoms with van der Waals surface area (Å²) in [6.45, 7) is 1.10. The van der Waals surface area contributed by atoms with Crippen molar-refractivity contribution in [1.29, 1.82) is 0 Å². The van der Waals surface area contributed by atoms with E-state index < -0.39 is 54.9 Å². The Morgan fingerprint density at radius 3 is 1.89 bits per heavy atom. The summed E-state index contributed by atoms with van der Waals surface area (Å²) in [5, 5.41) is 0. The Balaban J connectivity index is 3.30. The van der Waals surface area contributed by atoms with Crippen LogP contribution < -0.4 is 0 Å². The molecule has 0 aliphatic carbocycles. The second-order valence-electron chi connectivity index (χ2n) is 5.38. The maximum absolute atomic E-state index is 13.9. The van der Waals surface area contributed by atoms with Crippen molar-refractivity contribution in [2.45, 2.75) is 61.8 Å². The van der Waals surface area contributed by atoms with Gasteiger partial charge in [-0.05, 0) is 19.4 Å². The van der Waals surface area contributed by atoms with Gasteiger partial charge in [-0.3, -0.25) is 0 Å². The number of rotatable bonds is 8. The second kappa shape index (κ2) is 7.33. The molecule has 2 nitrogen and oxygen atoms in total. The van der Waals surface area contributed by atoms with Crippen molar-refractivity contribution in [2.75, 3.05) is 6.61 Å². The summed E-state index contributed by atoms with van der Waals surface area (Å²) in [5.74, 6) is -35.4. The van der Waals surface area contributed by atoms with Crippen LogP contribution in [-0.2, 0) is 9.47 Å². The lowest BCUT2D eigenvalue weighted by Gasteiger charge is -2.42. The van der Waals surface area contributed by atoms with E-state index in [4.69, 9.17) is 0 Å². The quantitative estimate of drug-likeness (QED) is 0.394. The molecule has 160 valence electrons. The van der Waals surface area contributed by atoms with Gasteiger partial charge in [-0.15, -0.1) is 0 Å². The molecule has 27 heavy (non-hydrogen) atoms. The SMILES string of the molecule is CCOC1C=CCC(C(F)(F)C(F)(F)C(F)(F)C(F)(F)C(F)(F)C(F)F)O1. The Labute approximate surface area is 144 Å². The lowest BCUT2D eigenvalue weighted by Crippen LogP contribution is -2.70. The number of hydrogen-bond donors (Lipinski definition) is 0. The van der Waals surface area contributed by atoms with Gasteiger partial charge in [0.25, 0.3) is 0 Å². The van der Waals surface area contributed by atoms with Gasteiger partial charge in [0.15, 0.2) is 6.29 Å². The zero-order valence-electron chi connectivity index (χ0n) is 13.2. The Bertz CT molecular complexity index is 545. The van der Waals surface area contributed by atoms with Crippen molar-refractivity contribution in [2.24, 2.45) is 0 Å². The number of halogens is 12. The first-order chi connectivity index (χ1) is 12.0. The summed E-state index contributed by atoms with van der Waals surface area (Å²) in [6.07, 6.45) is -9.99. The van der Waals surface area contributed by atoms with Crippen molar-refractivity contribution in [3.63, 3.8) is 0 Å². The third-order valence-electron chi connectivity index (χ3n) is 3.58. The minimum atomic E-state index is -7.56. The van der Waals surface area contributed by atoms with E-state index >= 15 is 0 Å². The molecule has 2 atom stereocenters. The molecular weight excluding hydrogens is 416 g/mol. The highest BCUT2D eigenvalue weighted by Crippen LogP contribution is 2.59. The number of alkyl halides is 12. The Hall–Kier alpha value is -1.18. The van der Waals surface area contributed by atoms with Crippen molar-refractivity contribution >= 4 is 0 Å². The van der Waals surface area contributed by atoms with Crippen LogP contribution in [0.4, 0.5) is 52.7 Å².